The van der Waals surface area contributed by atoms with E-state index in [0.29, 0.717) is 0 Å². The third-order valence-corrected chi connectivity index (χ3v) is 4.69. The Balaban J connectivity index is 1.57. The van der Waals surface area contributed by atoms with E-state index in [2.05, 4.69) is 30.6 Å². The van der Waals surface area contributed by atoms with Crippen LogP contribution >= 0.6 is 11.3 Å². The molecule has 2 aromatic heterocycles. The fourth-order valence-electron chi connectivity index (χ4n) is 2.62. The van der Waals surface area contributed by atoms with Crippen molar-refractivity contribution in [2.24, 2.45) is 0 Å². The van der Waals surface area contributed by atoms with Gasteiger partial charge in [-0.05, 0) is 23.8 Å². The van der Waals surface area contributed by atoms with Crippen LogP contribution in [-0.2, 0) is 0 Å². The van der Waals surface area contributed by atoms with Crippen LogP contribution in [0.25, 0.3) is 10.2 Å². The number of rotatable bonds is 6. The number of nitrogens with zero attached hydrogens (tertiary/aromatic N) is 4. The summed E-state index contributed by atoms with van der Waals surface area (Å²) in [5, 5.41) is 25.6. The number of nitrogens with one attached hydrogen (secondary N) is 2. The van der Waals surface area contributed by atoms with Gasteiger partial charge in [0.1, 0.15) is 0 Å². The zero-order chi connectivity index (χ0) is 18.6. The third-order valence-electron chi connectivity index (χ3n) is 3.90. The van der Waals surface area contributed by atoms with Crippen LogP contribution in [0.4, 0.5) is 17.6 Å². The van der Waals surface area contributed by atoms with Crippen molar-refractivity contribution in [3.63, 3.8) is 0 Å². The van der Waals surface area contributed by atoms with Gasteiger partial charge in [0, 0.05) is 5.69 Å². The average Bonchev–Trinajstić information content (AvgIpc) is 3.14. The summed E-state index contributed by atoms with van der Waals surface area (Å²) in [6.07, 6.45) is 0. The molecule has 136 valence electrons. The summed E-state index contributed by atoms with van der Waals surface area (Å²) in [7, 11) is 0. The lowest BCUT2D eigenvalue weighted by Gasteiger charge is -2.17. The molecular weight excluding hydrogens is 364 g/mol. The van der Waals surface area contributed by atoms with E-state index in [1.54, 1.807) is 5.51 Å². The van der Waals surface area contributed by atoms with Gasteiger partial charge in [-0.1, -0.05) is 30.3 Å². The average molecular weight is 380 g/mol. The van der Waals surface area contributed by atoms with Gasteiger partial charge in [-0.15, -0.1) is 11.3 Å². The standard InChI is InChI=1S/C18H16N6O2S/c25-9-14(11-4-2-1-3-5-11)21-17-22-16(23-18(26)24-17)20-12-6-7-13-15(8-12)27-10-19-13/h1-8,10,14,25H,9H2,(H3,20,21,22,23,24,26). The highest BCUT2D eigenvalue weighted by Gasteiger charge is 2.14. The van der Waals surface area contributed by atoms with Crippen molar-refractivity contribution in [1.29, 1.82) is 0 Å². The second kappa shape index (κ2) is 7.52. The van der Waals surface area contributed by atoms with E-state index in [9.17, 15) is 10.2 Å². The second-order valence-electron chi connectivity index (χ2n) is 5.73. The number of aromatic hydroxyl groups is 1. The first-order valence-corrected chi connectivity index (χ1v) is 9.07. The highest BCUT2D eigenvalue weighted by Crippen LogP contribution is 2.24. The molecule has 4 aromatic rings. The van der Waals surface area contributed by atoms with Gasteiger partial charge in [0.15, 0.2) is 0 Å². The highest BCUT2D eigenvalue weighted by atomic mass is 32.1. The minimum absolute atomic E-state index is 0.152. The van der Waals surface area contributed by atoms with Gasteiger partial charge in [0.25, 0.3) is 0 Å². The van der Waals surface area contributed by atoms with Crippen LogP contribution in [0.1, 0.15) is 11.6 Å². The molecule has 27 heavy (non-hydrogen) atoms. The predicted molar refractivity (Wildman–Crippen MR) is 104 cm³/mol. The van der Waals surface area contributed by atoms with E-state index in [4.69, 9.17) is 0 Å². The molecule has 0 fully saturated rings. The van der Waals surface area contributed by atoms with E-state index in [1.807, 2.05) is 48.5 Å². The molecule has 1 unspecified atom stereocenters. The fourth-order valence-corrected chi connectivity index (χ4v) is 3.34. The Kier molecular flexibility index (Phi) is 4.77. The third kappa shape index (κ3) is 3.94. The largest absolute Gasteiger partial charge is 0.479 e. The van der Waals surface area contributed by atoms with Crippen molar-refractivity contribution >= 4 is 39.1 Å². The van der Waals surface area contributed by atoms with E-state index < -0.39 is 12.1 Å². The molecular formula is C18H16N6O2S. The lowest BCUT2D eigenvalue weighted by molar-refractivity contribution is 0.275. The summed E-state index contributed by atoms with van der Waals surface area (Å²) >= 11 is 1.53. The molecule has 0 aliphatic rings. The summed E-state index contributed by atoms with van der Waals surface area (Å²) < 4.78 is 1.03. The molecule has 0 saturated heterocycles. The quantitative estimate of drug-likeness (QED) is 0.403. The molecule has 9 heteroatoms. The number of fused-ring (bicyclic) bond motifs is 1. The van der Waals surface area contributed by atoms with Crippen LogP contribution in [0.3, 0.4) is 0 Å². The van der Waals surface area contributed by atoms with E-state index in [-0.39, 0.29) is 18.5 Å². The zero-order valence-electron chi connectivity index (χ0n) is 14.1. The smallest absolute Gasteiger partial charge is 0.320 e. The topological polar surface area (TPSA) is 116 Å². The van der Waals surface area contributed by atoms with Gasteiger partial charge >= 0.3 is 6.01 Å². The fraction of sp³-hybridized carbons (Fsp3) is 0.111. The van der Waals surface area contributed by atoms with Crippen molar-refractivity contribution in [2.75, 3.05) is 17.2 Å². The van der Waals surface area contributed by atoms with Gasteiger partial charge < -0.3 is 20.8 Å². The van der Waals surface area contributed by atoms with Gasteiger partial charge in [-0.2, -0.15) is 15.0 Å². The Morgan fingerprint density at radius 2 is 1.81 bits per heavy atom. The van der Waals surface area contributed by atoms with Crippen molar-refractivity contribution < 1.29 is 10.2 Å². The zero-order valence-corrected chi connectivity index (χ0v) is 14.9. The molecule has 0 radical (unpaired) electrons. The monoisotopic (exact) mass is 380 g/mol. The number of hydrogen-bond donors (Lipinski definition) is 4. The highest BCUT2D eigenvalue weighted by molar-refractivity contribution is 7.16. The maximum atomic E-state index is 9.85. The first kappa shape index (κ1) is 17.1. The molecule has 2 heterocycles. The van der Waals surface area contributed by atoms with E-state index in [1.165, 1.54) is 11.3 Å². The Labute approximate surface area is 158 Å². The van der Waals surface area contributed by atoms with Gasteiger partial charge in [0.2, 0.25) is 11.9 Å². The molecule has 0 aliphatic heterocycles. The number of aliphatic hydroxyl groups is 1. The van der Waals surface area contributed by atoms with Gasteiger partial charge in [-0.25, -0.2) is 4.98 Å². The molecule has 0 aliphatic carbocycles. The molecule has 8 nitrogen and oxygen atoms in total. The van der Waals surface area contributed by atoms with Crippen LogP contribution in [-0.4, -0.2) is 36.8 Å². The maximum Gasteiger partial charge on any atom is 0.320 e. The van der Waals surface area contributed by atoms with Crippen molar-refractivity contribution in [2.45, 2.75) is 6.04 Å². The predicted octanol–water partition coefficient (Wildman–Crippen LogP) is 3.08. The number of aromatic nitrogens is 4. The Morgan fingerprint density at radius 3 is 2.63 bits per heavy atom. The molecule has 0 spiro atoms. The molecule has 0 amide bonds. The summed E-state index contributed by atoms with van der Waals surface area (Å²) in [6, 6.07) is 14.3. The summed E-state index contributed by atoms with van der Waals surface area (Å²) in [6.45, 7) is -0.152. The molecule has 2 aromatic carbocycles. The molecule has 0 bridgehead atoms. The Hall–Kier alpha value is -3.30. The van der Waals surface area contributed by atoms with Crippen molar-refractivity contribution in [3.8, 4) is 6.01 Å². The molecule has 0 saturated carbocycles. The van der Waals surface area contributed by atoms with Crippen LogP contribution in [0.2, 0.25) is 0 Å². The van der Waals surface area contributed by atoms with E-state index in [0.717, 1.165) is 21.5 Å². The van der Waals surface area contributed by atoms with Crippen molar-refractivity contribution in [3.05, 3.63) is 59.6 Å². The first-order valence-electron chi connectivity index (χ1n) is 8.19. The lowest BCUT2D eigenvalue weighted by atomic mass is 10.1. The SMILES string of the molecule is OCC(Nc1nc(O)nc(Nc2ccc3ncsc3c2)n1)c1ccccc1. The molecule has 4 rings (SSSR count). The van der Waals surface area contributed by atoms with Crippen LogP contribution in [0.5, 0.6) is 6.01 Å². The number of benzene rings is 2. The summed E-state index contributed by atoms with van der Waals surface area (Å²) in [4.78, 5) is 16.3. The van der Waals surface area contributed by atoms with Crippen LogP contribution in [0.15, 0.2) is 54.0 Å². The minimum Gasteiger partial charge on any atom is -0.479 e. The number of aliphatic hydroxyl groups excluding tert-OH is 1. The second-order valence-corrected chi connectivity index (χ2v) is 6.62. The number of anilines is 3. The van der Waals surface area contributed by atoms with Gasteiger partial charge in [-0.3, -0.25) is 0 Å². The number of hydrogen-bond acceptors (Lipinski definition) is 9. The normalized spacial score (nSPS) is 12.0. The van der Waals surface area contributed by atoms with Crippen LogP contribution in [0, 0.1) is 0 Å². The van der Waals surface area contributed by atoms with Gasteiger partial charge in [0.05, 0.1) is 28.4 Å². The Bertz CT molecular complexity index is 1060. The molecule has 4 N–H and O–H groups in total. The molecule has 1 atom stereocenters. The van der Waals surface area contributed by atoms with Crippen molar-refractivity contribution in [1.82, 2.24) is 19.9 Å². The summed E-state index contributed by atoms with van der Waals surface area (Å²) in [5.41, 5.74) is 4.35. The summed E-state index contributed by atoms with van der Waals surface area (Å²) in [5.74, 6) is 0.352. The van der Waals surface area contributed by atoms with Crippen LogP contribution < -0.4 is 10.6 Å². The minimum atomic E-state index is -0.418. The lowest BCUT2D eigenvalue weighted by Crippen LogP contribution is -2.17. The van der Waals surface area contributed by atoms with E-state index >= 15 is 0 Å². The first-order chi connectivity index (χ1) is 13.2. The Morgan fingerprint density at radius 1 is 1.00 bits per heavy atom. The number of thiazole rings is 1. The maximum absolute atomic E-state index is 9.85.